The van der Waals surface area contributed by atoms with Crippen molar-refractivity contribution in [3.63, 3.8) is 0 Å². The zero-order chi connectivity index (χ0) is 11.0. The quantitative estimate of drug-likeness (QED) is 0.865. The molecule has 1 aliphatic rings. The predicted octanol–water partition coefficient (Wildman–Crippen LogP) is 3.08. The number of benzene rings is 1. The summed E-state index contributed by atoms with van der Waals surface area (Å²) in [6, 6.07) is 8.51. The normalized spacial score (nSPS) is 22.7. The van der Waals surface area contributed by atoms with Gasteiger partial charge in [-0.2, -0.15) is 0 Å². The van der Waals surface area contributed by atoms with Crippen LogP contribution in [0.4, 0.5) is 0 Å². The lowest BCUT2D eigenvalue weighted by molar-refractivity contribution is 0.0904. The third kappa shape index (κ3) is 1.65. The minimum absolute atomic E-state index is 0.0184. The largest absolute Gasteiger partial charge is 0.376 e. The van der Waals surface area contributed by atoms with Gasteiger partial charge in [0.25, 0.3) is 0 Å². The van der Waals surface area contributed by atoms with Crippen LogP contribution in [0.25, 0.3) is 10.1 Å². The van der Waals surface area contributed by atoms with Crippen LogP contribution in [0.5, 0.6) is 0 Å². The van der Waals surface area contributed by atoms with E-state index in [0.717, 1.165) is 19.4 Å². The van der Waals surface area contributed by atoms with Crippen molar-refractivity contribution >= 4 is 21.4 Å². The lowest BCUT2D eigenvalue weighted by Gasteiger charge is -2.19. The van der Waals surface area contributed by atoms with Crippen LogP contribution in [-0.2, 0) is 4.74 Å². The third-order valence-electron chi connectivity index (χ3n) is 3.23. The molecule has 2 aromatic rings. The molecule has 0 bridgehead atoms. The second kappa shape index (κ2) is 4.17. The maximum atomic E-state index is 6.31. The maximum absolute atomic E-state index is 6.31. The van der Waals surface area contributed by atoms with E-state index in [2.05, 4.69) is 29.6 Å². The SMILES string of the molecule is NC(c1cccc2ccsc12)C1CCCO1. The van der Waals surface area contributed by atoms with Gasteiger partial charge in [-0.1, -0.05) is 18.2 Å². The highest BCUT2D eigenvalue weighted by molar-refractivity contribution is 7.17. The molecular weight excluding hydrogens is 218 g/mol. The van der Waals surface area contributed by atoms with Crippen LogP contribution in [0.3, 0.4) is 0 Å². The first-order valence-corrected chi connectivity index (χ1v) is 6.57. The van der Waals surface area contributed by atoms with Crippen molar-refractivity contribution in [3.05, 3.63) is 35.2 Å². The van der Waals surface area contributed by atoms with Crippen molar-refractivity contribution in [3.8, 4) is 0 Å². The first-order chi connectivity index (χ1) is 7.86. The molecule has 2 nitrogen and oxygen atoms in total. The number of rotatable bonds is 2. The average Bonchev–Trinajstić information content (AvgIpc) is 2.98. The van der Waals surface area contributed by atoms with Crippen molar-refractivity contribution < 1.29 is 4.74 Å². The van der Waals surface area contributed by atoms with Crippen LogP contribution in [0.2, 0.25) is 0 Å². The van der Waals surface area contributed by atoms with Crippen molar-refractivity contribution in [1.29, 1.82) is 0 Å². The minimum atomic E-state index is 0.0184. The van der Waals surface area contributed by atoms with E-state index in [9.17, 15) is 0 Å². The highest BCUT2D eigenvalue weighted by Gasteiger charge is 2.25. The van der Waals surface area contributed by atoms with Crippen molar-refractivity contribution in [2.75, 3.05) is 6.61 Å². The summed E-state index contributed by atoms with van der Waals surface area (Å²) in [5, 5.41) is 3.41. The fourth-order valence-corrected chi connectivity index (χ4v) is 3.33. The molecular formula is C13H15NOS. The number of ether oxygens (including phenoxy) is 1. The van der Waals surface area contributed by atoms with Crippen LogP contribution in [0, 0.1) is 0 Å². The number of thiophene rings is 1. The van der Waals surface area contributed by atoms with Crippen LogP contribution in [0.15, 0.2) is 29.6 Å². The van der Waals surface area contributed by atoms with E-state index >= 15 is 0 Å². The van der Waals surface area contributed by atoms with Gasteiger partial charge in [0.1, 0.15) is 0 Å². The molecule has 0 radical (unpaired) electrons. The Labute approximate surface area is 99.0 Å². The maximum Gasteiger partial charge on any atom is 0.0769 e. The van der Waals surface area contributed by atoms with Gasteiger partial charge in [0.05, 0.1) is 12.1 Å². The summed E-state index contributed by atoms with van der Waals surface area (Å²) in [7, 11) is 0. The summed E-state index contributed by atoms with van der Waals surface area (Å²) in [5.74, 6) is 0. The van der Waals surface area contributed by atoms with Gasteiger partial charge in [-0.05, 0) is 35.2 Å². The third-order valence-corrected chi connectivity index (χ3v) is 4.21. The average molecular weight is 233 g/mol. The molecule has 1 fully saturated rings. The van der Waals surface area contributed by atoms with E-state index in [1.165, 1.54) is 15.6 Å². The van der Waals surface area contributed by atoms with Gasteiger partial charge in [0.2, 0.25) is 0 Å². The molecule has 1 aromatic heterocycles. The van der Waals surface area contributed by atoms with Gasteiger partial charge >= 0.3 is 0 Å². The monoisotopic (exact) mass is 233 g/mol. The molecule has 3 heteroatoms. The molecule has 1 saturated heterocycles. The molecule has 3 rings (SSSR count). The fourth-order valence-electron chi connectivity index (χ4n) is 2.36. The molecule has 2 heterocycles. The first kappa shape index (κ1) is 10.3. The van der Waals surface area contributed by atoms with Crippen LogP contribution in [-0.4, -0.2) is 12.7 Å². The molecule has 0 aliphatic carbocycles. The smallest absolute Gasteiger partial charge is 0.0769 e. The summed E-state index contributed by atoms with van der Waals surface area (Å²) in [6.07, 6.45) is 2.43. The Balaban J connectivity index is 2.00. The first-order valence-electron chi connectivity index (χ1n) is 5.69. The van der Waals surface area contributed by atoms with E-state index in [4.69, 9.17) is 10.5 Å². The highest BCUT2D eigenvalue weighted by Crippen LogP contribution is 2.32. The second-order valence-electron chi connectivity index (χ2n) is 4.26. The number of hydrogen-bond acceptors (Lipinski definition) is 3. The van der Waals surface area contributed by atoms with E-state index in [1.54, 1.807) is 11.3 Å². The lowest BCUT2D eigenvalue weighted by Crippen LogP contribution is -2.25. The topological polar surface area (TPSA) is 35.2 Å². The van der Waals surface area contributed by atoms with Crippen LogP contribution in [0.1, 0.15) is 24.4 Å². The molecule has 0 saturated carbocycles. The zero-order valence-corrected chi connectivity index (χ0v) is 9.87. The molecule has 1 aromatic carbocycles. The summed E-state index contributed by atoms with van der Waals surface area (Å²) >= 11 is 1.77. The van der Waals surface area contributed by atoms with Crippen molar-refractivity contribution in [2.24, 2.45) is 5.73 Å². The highest BCUT2D eigenvalue weighted by atomic mass is 32.1. The molecule has 2 atom stereocenters. The Kier molecular flexibility index (Phi) is 2.67. The lowest BCUT2D eigenvalue weighted by atomic mass is 9.99. The Bertz CT molecular complexity index is 487. The van der Waals surface area contributed by atoms with Crippen molar-refractivity contribution in [2.45, 2.75) is 25.0 Å². The fraction of sp³-hybridized carbons (Fsp3) is 0.385. The van der Waals surface area contributed by atoms with E-state index < -0.39 is 0 Å². The van der Waals surface area contributed by atoms with Crippen LogP contribution < -0.4 is 5.73 Å². The Morgan fingerprint density at radius 3 is 3.12 bits per heavy atom. The molecule has 2 N–H and O–H groups in total. The molecule has 0 amide bonds. The Hall–Kier alpha value is -0.900. The van der Waals surface area contributed by atoms with Gasteiger partial charge in [-0.3, -0.25) is 0 Å². The molecule has 16 heavy (non-hydrogen) atoms. The van der Waals surface area contributed by atoms with Gasteiger partial charge < -0.3 is 10.5 Å². The summed E-state index contributed by atoms with van der Waals surface area (Å²) in [6.45, 7) is 0.860. The molecule has 1 aliphatic heterocycles. The van der Waals surface area contributed by atoms with Gasteiger partial charge in [0.15, 0.2) is 0 Å². The standard InChI is InChI=1S/C13H15NOS/c14-12(11-5-2-7-15-11)10-4-1-3-9-6-8-16-13(9)10/h1,3-4,6,8,11-12H,2,5,7,14H2. The molecule has 84 valence electrons. The van der Waals surface area contributed by atoms with Crippen molar-refractivity contribution in [1.82, 2.24) is 0 Å². The minimum Gasteiger partial charge on any atom is -0.376 e. The van der Waals surface area contributed by atoms with E-state index in [0.29, 0.717) is 0 Å². The van der Waals surface area contributed by atoms with Gasteiger partial charge in [0, 0.05) is 11.3 Å². The zero-order valence-electron chi connectivity index (χ0n) is 9.06. The van der Waals surface area contributed by atoms with Crippen LogP contribution >= 0.6 is 11.3 Å². The Morgan fingerprint density at radius 1 is 1.38 bits per heavy atom. The summed E-state index contributed by atoms with van der Waals surface area (Å²) in [5.41, 5.74) is 7.54. The number of fused-ring (bicyclic) bond motifs is 1. The number of hydrogen-bond donors (Lipinski definition) is 1. The van der Waals surface area contributed by atoms with Gasteiger partial charge in [-0.25, -0.2) is 0 Å². The number of nitrogens with two attached hydrogens (primary N) is 1. The molecule has 2 unspecified atom stereocenters. The van der Waals surface area contributed by atoms with E-state index in [-0.39, 0.29) is 12.1 Å². The molecule has 0 spiro atoms. The van der Waals surface area contributed by atoms with Gasteiger partial charge in [-0.15, -0.1) is 11.3 Å². The summed E-state index contributed by atoms with van der Waals surface area (Å²) in [4.78, 5) is 0. The predicted molar refractivity (Wildman–Crippen MR) is 67.7 cm³/mol. The Morgan fingerprint density at radius 2 is 2.31 bits per heavy atom. The van der Waals surface area contributed by atoms with E-state index in [1.807, 2.05) is 0 Å². The summed E-state index contributed by atoms with van der Waals surface area (Å²) < 4.78 is 6.98. The second-order valence-corrected chi connectivity index (χ2v) is 5.18.